The van der Waals surface area contributed by atoms with E-state index in [2.05, 4.69) is 0 Å². The monoisotopic (exact) mass is 329 g/mol. The third kappa shape index (κ3) is 3.74. The third-order valence-electron chi connectivity index (χ3n) is 3.75. The van der Waals surface area contributed by atoms with Crippen LogP contribution in [0, 0.1) is 24.2 Å². The molecule has 0 aromatic heterocycles. The number of aryl methyl sites for hydroxylation is 1. The minimum atomic E-state index is -3.54. The molecule has 1 heterocycles. The van der Waals surface area contributed by atoms with Crippen molar-refractivity contribution in [3.63, 3.8) is 0 Å². The maximum absolute atomic E-state index is 12.7. The average molecular weight is 330 g/mol. The molecule has 1 aliphatic rings. The van der Waals surface area contributed by atoms with E-state index in [1.54, 1.807) is 19.1 Å². The molecule has 2 rings (SSSR count). The predicted octanol–water partition coefficient (Wildman–Crippen LogP) is 1.65. The van der Waals surface area contributed by atoms with Gasteiger partial charge in [-0.1, -0.05) is 6.07 Å². The molecule has 7 heteroatoms. The topological polar surface area (TPSA) is 87.2 Å². The van der Waals surface area contributed by atoms with Crippen LogP contribution in [0.2, 0.25) is 0 Å². The number of sulfonamides is 1. The van der Waals surface area contributed by atoms with Crippen LogP contribution in [-0.4, -0.2) is 32.4 Å². The highest BCUT2D eigenvalue weighted by Gasteiger charge is 2.30. The Morgan fingerprint density at radius 1 is 1.48 bits per heavy atom. The summed E-state index contributed by atoms with van der Waals surface area (Å²) in [4.78, 5) is 0.231. The van der Waals surface area contributed by atoms with E-state index in [1.165, 1.54) is 10.4 Å². The molecule has 1 unspecified atom stereocenters. The van der Waals surface area contributed by atoms with Crippen molar-refractivity contribution in [3.8, 4) is 6.07 Å². The molecule has 1 saturated heterocycles. The summed E-state index contributed by atoms with van der Waals surface area (Å²) in [7, 11) is -3.54. The lowest BCUT2D eigenvalue weighted by molar-refractivity contribution is 0.271. The van der Waals surface area contributed by atoms with E-state index < -0.39 is 10.0 Å². The summed E-state index contributed by atoms with van der Waals surface area (Å²) < 4.78 is 26.9. The molecule has 2 N–H and O–H groups in total. The number of hydrogen-bond donors (Lipinski definition) is 1. The molecule has 5 nitrogen and oxygen atoms in total. The van der Waals surface area contributed by atoms with Crippen LogP contribution < -0.4 is 5.73 Å². The second-order valence-electron chi connectivity index (χ2n) is 5.20. The van der Waals surface area contributed by atoms with Gasteiger partial charge in [0.1, 0.15) is 0 Å². The van der Waals surface area contributed by atoms with Gasteiger partial charge in [-0.2, -0.15) is 9.57 Å². The van der Waals surface area contributed by atoms with Gasteiger partial charge in [-0.15, -0.1) is 12.4 Å². The zero-order valence-corrected chi connectivity index (χ0v) is 13.6. The molecule has 0 saturated carbocycles. The fourth-order valence-electron chi connectivity index (χ4n) is 2.52. The van der Waals surface area contributed by atoms with Crippen LogP contribution in [0.3, 0.4) is 0 Å². The van der Waals surface area contributed by atoms with E-state index in [-0.39, 0.29) is 23.2 Å². The normalized spacial score (nSPS) is 19.6. The Morgan fingerprint density at radius 3 is 2.81 bits per heavy atom. The Labute approximate surface area is 132 Å². The summed E-state index contributed by atoms with van der Waals surface area (Å²) >= 11 is 0. The van der Waals surface area contributed by atoms with Crippen molar-refractivity contribution in [2.24, 2.45) is 11.7 Å². The average Bonchev–Trinajstić information content (AvgIpc) is 2.47. The molecule has 0 spiro atoms. The van der Waals surface area contributed by atoms with Gasteiger partial charge in [-0.25, -0.2) is 8.42 Å². The second kappa shape index (κ2) is 7.23. The number of nitrogens with two attached hydrogens (primary N) is 1. The van der Waals surface area contributed by atoms with Gasteiger partial charge >= 0.3 is 0 Å². The van der Waals surface area contributed by atoms with Gasteiger partial charge in [0.15, 0.2) is 0 Å². The smallest absolute Gasteiger partial charge is 0.243 e. The van der Waals surface area contributed by atoms with Gasteiger partial charge in [0, 0.05) is 13.1 Å². The Balaban J connectivity index is 0.00000220. The largest absolute Gasteiger partial charge is 0.330 e. The number of rotatable bonds is 3. The van der Waals surface area contributed by atoms with Crippen LogP contribution in [0.25, 0.3) is 0 Å². The predicted molar refractivity (Wildman–Crippen MR) is 83.7 cm³/mol. The van der Waals surface area contributed by atoms with Gasteiger partial charge in [-0.05, 0) is 49.9 Å². The minimum Gasteiger partial charge on any atom is -0.330 e. The number of nitrogens with zero attached hydrogens (tertiary/aromatic N) is 2. The van der Waals surface area contributed by atoms with E-state index >= 15 is 0 Å². The molecular formula is C14H20ClN3O2S. The number of halogens is 1. The first-order valence-corrected chi connectivity index (χ1v) is 8.14. The number of benzene rings is 1. The van der Waals surface area contributed by atoms with Crippen LogP contribution in [0.15, 0.2) is 23.1 Å². The zero-order chi connectivity index (χ0) is 14.8. The molecule has 1 aromatic carbocycles. The Kier molecular flexibility index (Phi) is 6.17. The van der Waals surface area contributed by atoms with E-state index in [0.717, 1.165) is 12.8 Å². The highest BCUT2D eigenvalue weighted by Crippen LogP contribution is 2.25. The molecule has 0 amide bonds. The van der Waals surface area contributed by atoms with Crippen molar-refractivity contribution in [2.75, 3.05) is 19.6 Å². The molecule has 0 bridgehead atoms. The lowest BCUT2D eigenvalue weighted by atomic mass is 10.0. The zero-order valence-electron chi connectivity index (χ0n) is 11.9. The molecule has 1 atom stereocenters. The van der Waals surface area contributed by atoms with Gasteiger partial charge in [0.2, 0.25) is 10.0 Å². The first-order chi connectivity index (χ1) is 9.48. The lowest BCUT2D eigenvalue weighted by Crippen LogP contribution is -2.42. The van der Waals surface area contributed by atoms with Crippen molar-refractivity contribution >= 4 is 22.4 Å². The van der Waals surface area contributed by atoms with Crippen LogP contribution in [0.4, 0.5) is 0 Å². The van der Waals surface area contributed by atoms with Gasteiger partial charge < -0.3 is 5.73 Å². The van der Waals surface area contributed by atoms with Crippen molar-refractivity contribution < 1.29 is 8.42 Å². The highest BCUT2D eigenvalue weighted by molar-refractivity contribution is 7.89. The summed E-state index contributed by atoms with van der Waals surface area (Å²) in [5.74, 6) is 0.220. The third-order valence-corrected chi connectivity index (χ3v) is 5.76. The Morgan fingerprint density at radius 2 is 2.19 bits per heavy atom. The minimum absolute atomic E-state index is 0. The molecule has 0 aliphatic carbocycles. The van der Waals surface area contributed by atoms with E-state index in [1.807, 2.05) is 6.07 Å². The highest BCUT2D eigenvalue weighted by atomic mass is 35.5. The van der Waals surface area contributed by atoms with Crippen LogP contribution >= 0.6 is 12.4 Å². The summed E-state index contributed by atoms with van der Waals surface area (Å²) in [6.07, 6.45) is 1.80. The van der Waals surface area contributed by atoms with E-state index in [4.69, 9.17) is 11.0 Å². The quantitative estimate of drug-likeness (QED) is 0.913. The summed E-state index contributed by atoms with van der Waals surface area (Å²) in [5.41, 5.74) is 6.69. The molecule has 21 heavy (non-hydrogen) atoms. The maximum atomic E-state index is 12.7. The van der Waals surface area contributed by atoms with E-state index in [0.29, 0.717) is 30.8 Å². The van der Waals surface area contributed by atoms with Crippen molar-refractivity contribution in [2.45, 2.75) is 24.7 Å². The first-order valence-electron chi connectivity index (χ1n) is 6.70. The van der Waals surface area contributed by atoms with Crippen molar-refractivity contribution in [3.05, 3.63) is 29.3 Å². The fraction of sp³-hybridized carbons (Fsp3) is 0.500. The number of piperidine rings is 1. The summed E-state index contributed by atoms with van der Waals surface area (Å²) in [5, 5.41) is 8.93. The standard InChI is InChI=1S/C14H19N3O2S.ClH/c1-11-4-5-12(8-15)7-14(11)20(18,19)17-6-2-3-13(9-16)10-17;/h4-5,7,13H,2-3,6,9-10,16H2,1H3;1H. The van der Waals surface area contributed by atoms with Gasteiger partial charge in [0.05, 0.1) is 16.5 Å². The Hall–Kier alpha value is -1.13. The van der Waals surface area contributed by atoms with Gasteiger partial charge in [0.25, 0.3) is 0 Å². The van der Waals surface area contributed by atoms with Crippen LogP contribution in [0.5, 0.6) is 0 Å². The van der Waals surface area contributed by atoms with Crippen molar-refractivity contribution in [1.82, 2.24) is 4.31 Å². The molecule has 116 valence electrons. The Bertz CT molecular complexity index is 640. The van der Waals surface area contributed by atoms with Crippen molar-refractivity contribution in [1.29, 1.82) is 5.26 Å². The first kappa shape index (κ1) is 17.9. The van der Waals surface area contributed by atoms with E-state index in [9.17, 15) is 8.42 Å². The number of hydrogen-bond acceptors (Lipinski definition) is 4. The molecule has 1 aliphatic heterocycles. The second-order valence-corrected chi connectivity index (χ2v) is 7.11. The summed E-state index contributed by atoms with van der Waals surface area (Å²) in [6.45, 7) is 3.24. The molecular weight excluding hydrogens is 310 g/mol. The van der Waals surface area contributed by atoms with Gasteiger partial charge in [-0.3, -0.25) is 0 Å². The molecule has 1 fully saturated rings. The SMILES string of the molecule is Cc1ccc(C#N)cc1S(=O)(=O)N1CCCC(CN)C1.Cl. The summed E-state index contributed by atoms with van der Waals surface area (Å²) in [6, 6.07) is 6.75. The van der Waals surface area contributed by atoms with Crippen LogP contribution in [-0.2, 0) is 10.0 Å². The fourth-order valence-corrected chi connectivity index (χ4v) is 4.33. The lowest BCUT2D eigenvalue weighted by Gasteiger charge is -2.31. The number of nitriles is 1. The maximum Gasteiger partial charge on any atom is 0.243 e. The molecule has 0 radical (unpaired) electrons. The van der Waals surface area contributed by atoms with Crippen LogP contribution in [0.1, 0.15) is 24.0 Å². The molecule has 1 aromatic rings.